The summed E-state index contributed by atoms with van der Waals surface area (Å²) in [5, 5.41) is 0. The van der Waals surface area contributed by atoms with E-state index in [1.165, 1.54) is 35.2 Å². The predicted molar refractivity (Wildman–Crippen MR) is 79.1 cm³/mol. The fraction of sp³-hybridized carbons (Fsp3) is 0.389. The molecule has 0 atom stereocenters. The van der Waals surface area contributed by atoms with E-state index in [0.29, 0.717) is 5.41 Å². The molecule has 2 aromatic rings. The minimum Gasteiger partial charge on any atom is -0.201 e. The Kier molecular flexibility index (Phi) is 2.74. The van der Waals surface area contributed by atoms with Gasteiger partial charge < -0.3 is 0 Å². The lowest BCUT2D eigenvalue weighted by molar-refractivity contribution is -0.660. The van der Waals surface area contributed by atoms with Crippen LogP contribution in [-0.4, -0.2) is 0 Å². The molecule has 3 rings (SSSR count). The van der Waals surface area contributed by atoms with E-state index in [2.05, 4.69) is 68.9 Å². The van der Waals surface area contributed by atoms with Crippen molar-refractivity contribution in [2.24, 2.45) is 7.05 Å². The molecule has 19 heavy (non-hydrogen) atoms. The fourth-order valence-electron chi connectivity index (χ4n) is 3.27. The molecule has 1 aromatic carbocycles. The van der Waals surface area contributed by atoms with Crippen molar-refractivity contribution in [1.82, 2.24) is 0 Å². The molecule has 0 radical (unpaired) electrons. The Morgan fingerprint density at radius 2 is 1.95 bits per heavy atom. The Balaban J connectivity index is 2.22. The number of rotatable bonds is 1. The second-order valence-electron chi connectivity index (χ2n) is 6.40. The molecule has 1 aliphatic carbocycles. The van der Waals surface area contributed by atoms with Crippen molar-refractivity contribution in [1.29, 1.82) is 0 Å². The highest BCUT2D eigenvalue weighted by Gasteiger charge is 2.31. The minimum atomic E-state index is 0.325. The molecule has 1 aromatic heterocycles. The number of nitrogens with zero attached hydrogens (tertiary/aromatic N) is 1. The summed E-state index contributed by atoms with van der Waals surface area (Å²) in [6, 6.07) is 11.2. The molecule has 0 aliphatic heterocycles. The van der Waals surface area contributed by atoms with Crippen molar-refractivity contribution in [2.45, 2.75) is 39.0 Å². The van der Waals surface area contributed by atoms with Gasteiger partial charge in [-0.1, -0.05) is 19.9 Å². The van der Waals surface area contributed by atoms with Gasteiger partial charge in [0.25, 0.3) is 0 Å². The third kappa shape index (κ3) is 1.98. The Labute approximate surface area is 115 Å². The first kappa shape index (κ1) is 12.4. The van der Waals surface area contributed by atoms with Gasteiger partial charge in [-0.3, -0.25) is 0 Å². The lowest BCUT2D eigenvalue weighted by Gasteiger charge is -2.20. The number of aromatic nitrogens is 1. The van der Waals surface area contributed by atoms with Gasteiger partial charge in [0.05, 0.1) is 0 Å². The zero-order chi connectivity index (χ0) is 13.6. The fourth-order valence-corrected chi connectivity index (χ4v) is 3.27. The summed E-state index contributed by atoms with van der Waals surface area (Å²) in [5.74, 6) is 0. The van der Waals surface area contributed by atoms with E-state index in [-0.39, 0.29) is 0 Å². The van der Waals surface area contributed by atoms with E-state index in [1.54, 1.807) is 5.56 Å². The van der Waals surface area contributed by atoms with Gasteiger partial charge >= 0.3 is 0 Å². The summed E-state index contributed by atoms with van der Waals surface area (Å²) < 4.78 is 2.21. The third-order valence-electron chi connectivity index (χ3n) is 4.53. The van der Waals surface area contributed by atoms with E-state index in [0.717, 1.165) is 0 Å². The van der Waals surface area contributed by atoms with Crippen LogP contribution in [0.25, 0.3) is 11.3 Å². The lowest BCUT2D eigenvalue weighted by atomic mass is 9.84. The molecule has 0 fully saturated rings. The highest BCUT2D eigenvalue weighted by atomic mass is 14.9. The van der Waals surface area contributed by atoms with Crippen molar-refractivity contribution in [3.63, 3.8) is 0 Å². The molecule has 0 saturated heterocycles. The Bertz CT molecular complexity index is 638. The summed E-state index contributed by atoms with van der Waals surface area (Å²) in [7, 11) is 2.12. The Morgan fingerprint density at radius 3 is 2.68 bits per heavy atom. The van der Waals surface area contributed by atoms with Crippen LogP contribution < -0.4 is 4.57 Å². The third-order valence-corrected chi connectivity index (χ3v) is 4.53. The van der Waals surface area contributed by atoms with Crippen LogP contribution >= 0.6 is 0 Å². The van der Waals surface area contributed by atoms with Crippen LogP contribution in [0.3, 0.4) is 0 Å². The Morgan fingerprint density at radius 1 is 1.16 bits per heavy atom. The smallest absolute Gasteiger partial charge is 0.201 e. The highest BCUT2D eigenvalue weighted by molar-refractivity contribution is 5.64. The number of pyridine rings is 1. The first-order valence-corrected chi connectivity index (χ1v) is 7.08. The minimum absolute atomic E-state index is 0.325. The van der Waals surface area contributed by atoms with Gasteiger partial charge in [-0.05, 0) is 54.0 Å². The second-order valence-corrected chi connectivity index (χ2v) is 6.40. The average Bonchev–Trinajstić information content (AvgIpc) is 2.65. The highest BCUT2D eigenvalue weighted by Crippen LogP contribution is 2.40. The number of hydrogen-bond acceptors (Lipinski definition) is 0. The monoisotopic (exact) mass is 252 g/mol. The molecule has 0 bridgehead atoms. The quantitative estimate of drug-likeness (QED) is 0.681. The van der Waals surface area contributed by atoms with E-state index in [4.69, 9.17) is 0 Å². The molecule has 98 valence electrons. The topological polar surface area (TPSA) is 3.88 Å². The maximum absolute atomic E-state index is 2.42. The van der Waals surface area contributed by atoms with Crippen molar-refractivity contribution in [3.8, 4) is 11.3 Å². The zero-order valence-corrected chi connectivity index (χ0v) is 12.3. The van der Waals surface area contributed by atoms with Gasteiger partial charge in [-0.2, -0.15) is 0 Å². The normalized spacial score (nSPS) is 16.4. The van der Waals surface area contributed by atoms with Gasteiger partial charge in [0.1, 0.15) is 7.05 Å². The standard InChI is InChI=1S/C18H22N/c1-13-11-14-8-9-18(2,3)16(14)12-15(13)17-7-5-6-10-19(17)4/h5-7,10-12H,8-9H2,1-4H3/q+1. The van der Waals surface area contributed by atoms with Crippen molar-refractivity contribution in [2.75, 3.05) is 0 Å². The second kappa shape index (κ2) is 4.19. The van der Waals surface area contributed by atoms with Crippen LogP contribution in [0.2, 0.25) is 0 Å². The number of benzene rings is 1. The molecule has 0 N–H and O–H groups in total. The van der Waals surface area contributed by atoms with Crippen LogP contribution in [-0.2, 0) is 18.9 Å². The van der Waals surface area contributed by atoms with E-state index >= 15 is 0 Å². The first-order chi connectivity index (χ1) is 8.99. The van der Waals surface area contributed by atoms with Crippen LogP contribution in [0.4, 0.5) is 0 Å². The molecule has 1 heterocycles. The van der Waals surface area contributed by atoms with Gasteiger partial charge in [0, 0.05) is 17.7 Å². The summed E-state index contributed by atoms with van der Waals surface area (Å²) in [6.07, 6.45) is 4.61. The van der Waals surface area contributed by atoms with Crippen molar-refractivity contribution >= 4 is 0 Å². The van der Waals surface area contributed by atoms with Crippen LogP contribution in [0.5, 0.6) is 0 Å². The summed E-state index contributed by atoms with van der Waals surface area (Å²) in [6.45, 7) is 6.96. The summed E-state index contributed by atoms with van der Waals surface area (Å²) >= 11 is 0. The van der Waals surface area contributed by atoms with Crippen LogP contribution in [0, 0.1) is 6.92 Å². The molecule has 0 saturated carbocycles. The SMILES string of the molecule is Cc1cc2c(cc1-c1cccc[n+]1C)C(C)(C)CC2. The van der Waals surface area contributed by atoms with Crippen molar-refractivity contribution < 1.29 is 4.57 Å². The molecule has 0 unspecified atom stereocenters. The molecular formula is C18H22N+. The van der Waals surface area contributed by atoms with Gasteiger partial charge in [-0.25, -0.2) is 4.57 Å². The maximum atomic E-state index is 2.42. The van der Waals surface area contributed by atoms with E-state index < -0.39 is 0 Å². The number of fused-ring (bicyclic) bond motifs is 1. The van der Waals surface area contributed by atoms with Gasteiger partial charge in [0.15, 0.2) is 6.20 Å². The molecule has 1 aliphatic rings. The first-order valence-electron chi connectivity index (χ1n) is 7.08. The zero-order valence-electron chi connectivity index (χ0n) is 12.3. The largest absolute Gasteiger partial charge is 0.212 e. The lowest BCUT2D eigenvalue weighted by Crippen LogP contribution is -2.30. The molecule has 1 nitrogen and oxygen atoms in total. The Hall–Kier alpha value is -1.63. The van der Waals surface area contributed by atoms with E-state index in [1.807, 2.05) is 0 Å². The molecule has 0 amide bonds. The van der Waals surface area contributed by atoms with Crippen molar-refractivity contribution in [3.05, 3.63) is 53.2 Å². The summed E-state index contributed by atoms with van der Waals surface area (Å²) in [5.41, 5.74) is 7.47. The van der Waals surface area contributed by atoms with Crippen LogP contribution in [0.1, 0.15) is 37.0 Å². The van der Waals surface area contributed by atoms with Crippen LogP contribution in [0.15, 0.2) is 36.5 Å². The molecule has 0 spiro atoms. The summed E-state index contributed by atoms with van der Waals surface area (Å²) in [4.78, 5) is 0. The molecular weight excluding hydrogens is 230 g/mol. The number of aryl methyl sites for hydroxylation is 3. The number of hydrogen-bond donors (Lipinski definition) is 0. The average molecular weight is 252 g/mol. The van der Waals surface area contributed by atoms with Gasteiger partial charge in [-0.15, -0.1) is 0 Å². The van der Waals surface area contributed by atoms with Gasteiger partial charge in [0.2, 0.25) is 5.69 Å². The maximum Gasteiger partial charge on any atom is 0.212 e. The predicted octanol–water partition coefficient (Wildman–Crippen LogP) is 3.71. The van der Waals surface area contributed by atoms with E-state index in [9.17, 15) is 0 Å². The molecule has 1 heteroatoms.